The van der Waals surface area contributed by atoms with Crippen molar-refractivity contribution in [3.63, 3.8) is 0 Å². The average molecular weight is 357 g/mol. The third-order valence-corrected chi connectivity index (χ3v) is 3.16. The van der Waals surface area contributed by atoms with Crippen molar-refractivity contribution in [3.05, 3.63) is 59.7 Å². The van der Waals surface area contributed by atoms with Crippen molar-refractivity contribution in [1.29, 1.82) is 0 Å². The van der Waals surface area contributed by atoms with Crippen LogP contribution in [0.2, 0.25) is 0 Å². The zero-order chi connectivity index (χ0) is 18.8. The Balaban J connectivity index is 1.73. The predicted octanol–water partition coefficient (Wildman–Crippen LogP) is 1.93. The van der Waals surface area contributed by atoms with Crippen molar-refractivity contribution < 1.29 is 23.8 Å². The van der Waals surface area contributed by atoms with Crippen LogP contribution in [0.5, 0.6) is 11.5 Å². The molecule has 0 spiro atoms. The maximum atomic E-state index is 11.3. The number of hydrogen-bond acceptors (Lipinski definition) is 6. The van der Waals surface area contributed by atoms with Gasteiger partial charge in [0.05, 0.1) is 18.9 Å². The highest BCUT2D eigenvalue weighted by Gasteiger charge is 2.04. The number of methoxy groups -OCH3 is 1. The fourth-order valence-corrected chi connectivity index (χ4v) is 1.94. The lowest BCUT2D eigenvalue weighted by molar-refractivity contribution is 0.0600. The Hall–Kier alpha value is -3.55. The van der Waals surface area contributed by atoms with Gasteiger partial charge in [0.1, 0.15) is 24.7 Å². The summed E-state index contributed by atoms with van der Waals surface area (Å²) in [6, 6.07) is 13.1. The zero-order valence-electron chi connectivity index (χ0n) is 14.2. The molecule has 136 valence electrons. The molecule has 8 heteroatoms. The molecule has 0 aliphatic heterocycles. The van der Waals surface area contributed by atoms with Crippen molar-refractivity contribution in [2.24, 2.45) is 10.8 Å². The first-order valence-corrected chi connectivity index (χ1v) is 7.71. The van der Waals surface area contributed by atoms with Crippen LogP contribution in [0.1, 0.15) is 15.9 Å². The van der Waals surface area contributed by atoms with E-state index < -0.39 is 12.0 Å². The van der Waals surface area contributed by atoms with Gasteiger partial charge in [0, 0.05) is 0 Å². The molecule has 0 saturated heterocycles. The molecule has 2 amide bonds. The minimum Gasteiger partial charge on any atom is -0.490 e. The van der Waals surface area contributed by atoms with Gasteiger partial charge in [-0.15, -0.1) is 0 Å². The number of nitrogens with two attached hydrogens (primary N) is 1. The van der Waals surface area contributed by atoms with Gasteiger partial charge in [-0.2, -0.15) is 5.10 Å². The SMILES string of the molecule is COC(=O)c1ccc(OCCOc2ccc(C=NNC(N)=O)cc2)cc1. The van der Waals surface area contributed by atoms with E-state index in [1.807, 2.05) is 0 Å². The lowest BCUT2D eigenvalue weighted by atomic mass is 10.2. The molecule has 0 radical (unpaired) electrons. The molecule has 2 aromatic rings. The fourth-order valence-electron chi connectivity index (χ4n) is 1.94. The molecule has 0 aromatic heterocycles. The number of esters is 1. The van der Waals surface area contributed by atoms with Gasteiger partial charge in [-0.05, 0) is 54.1 Å². The van der Waals surface area contributed by atoms with Crippen LogP contribution in [0, 0.1) is 0 Å². The first kappa shape index (κ1) is 18.8. The summed E-state index contributed by atoms with van der Waals surface area (Å²) in [7, 11) is 1.33. The molecule has 2 rings (SSSR count). The summed E-state index contributed by atoms with van der Waals surface area (Å²) < 4.78 is 15.7. The number of amides is 2. The Morgan fingerprint density at radius 2 is 1.54 bits per heavy atom. The Morgan fingerprint density at radius 3 is 2.04 bits per heavy atom. The predicted molar refractivity (Wildman–Crippen MR) is 95.5 cm³/mol. The summed E-state index contributed by atoms with van der Waals surface area (Å²) in [4.78, 5) is 21.8. The molecule has 0 heterocycles. The van der Waals surface area contributed by atoms with Gasteiger partial charge in [0.2, 0.25) is 0 Å². The Bertz CT molecular complexity index is 757. The fraction of sp³-hybridized carbons (Fsp3) is 0.167. The van der Waals surface area contributed by atoms with Crippen LogP contribution in [-0.4, -0.2) is 38.5 Å². The van der Waals surface area contributed by atoms with E-state index in [1.165, 1.54) is 13.3 Å². The second kappa shape index (κ2) is 9.67. The zero-order valence-corrected chi connectivity index (χ0v) is 14.2. The van der Waals surface area contributed by atoms with Crippen LogP contribution in [0.25, 0.3) is 0 Å². The first-order chi connectivity index (χ1) is 12.6. The Labute approximate surface area is 150 Å². The number of primary amides is 1. The summed E-state index contributed by atoms with van der Waals surface area (Å²) in [6.07, 6.45) is 1.47. The molecule has 0 unspecified atom stereocenters. The average Bonchev–Trinajstić information content (AvgIpc) is 2.66. The number of carbonyl (C=O) groups is 2. The molecular formula is C18H19N3O5. The normalized spacial score (nSPS) is 10.3. The Kier molecular flexibility index (Phi) is 6.99. The van der Waals surface area contributed by atoms with Crippen LogP contribution in [-0.2, 0) is 4.74 Å². The number of nitrogens with one attached hydrogen (secondary N) is 1. The highest BCUT2D eigenvalue weighted by atomic mass is 16.5. The highest BCUT2D eigenvalue weighted by Crippen LogP contribution is 2.14. The molecular weight excluding hydrogens is 338 g/mol. The van der Waals surface area contributed by atoms with E-state index in [9.17, 15) is 9.59 Å². The van der Waals surface area contributed by atoms with Crippen molar-refractivity contribution in [1.82, 2.24) is 5.43 Å². The van der Waals surface area contributed by atoms with Crippen LogP contribution in [0.4, 0.5) is 4.79 Å². The van der Waals surface area contributed by atoms with Gasteiger partial charge in [-0.1, -0.05) is 0 Å². The second-order valence-corrected chi connectivity index (χ2v) is 5.02. The van der Waals surface area contributed by atoms with E-state index in [2.05, 4.69) is 15.3 Å². The minimum absolute atomic E-state index is 0.351. The molecule has 2 aromatic carbocycles. The molecule has 0 fully saturated rings. The highest BCUT2D eigenvalue weighted by molar-refractivity contribution is 5.89. The molecule has 0 bridgehead atoms. The third-order valence-electron chi connectivity index (χ3n) is 3.16. The van der Waals surface area contributed by atoms with E-state index in [0.29, 0.717) is 30.3 Å². The van der Waals surface area contributed by atoms with Crippen LogP contribution in [0.15, 0.2) is 53.6 Å². The molecule has 0 atom stereocenters. The minimum atomic E-state index is -0.721. The van der Waals surface area contributed by atoms with Gasteiger partial charge in [-0.3, -0.25) is 0 Å². The largest absolute Gasteiger partial charge is 0.490 e. The molecule has 0 saturated carbocycles. The van der Waals surface area contributed by atoms with Gasteiger partial charge in [0.15, 0.2) is 0 Å². The van der Waals surface area contributed by atoms with E-state index in [4.69, 9.17) is 15.2 Å². The van der Waals surface area contributed by atoms with Crippen LogP contribution >= 0.6 is 0 Å². The maximum absolute atomic E-state index is 11.3. The van der Waals surface area contributed by atoms with E-state index in [0.717, 1.165) is 5.56 Å². The van der Waals surface area contributed by atoms with Crippen molar-refractivity contribution in [2.45, 2.75) is 0 Å². The number of carbonyl (C=O) groups excluding carboxylic acids is 2. The number of hydrazone groups is 1. The van der Waals surface area contributed by atoms with Crippen molar-refractivity contribution in [3.8, 4) is 11.5 Å². The number of ether oxygens (including phenoxy) is 3. The smallest absolute Gasteiger partial charge is 0.337 e. The monoisotopic (exact) mass is 357 g/mol. The molecule has 0 aliphatic carbocycles. The van der Waals surface area contributed by atoms with Crippen molar-refractivity contribution in [2.75, 3.05) is 20.3 Å². The Morgan fingerprint density at radius 1 is 1.00 bits per heavy atom. The van der Waals surface area contributed by atoms with Gasteiger partial charge in [-0.25, -0.2) is 15.0 Å². The summed E-state index contributed by atoms with van der Waals surface area (Å²) in [5, 5.41) is 3.66. The number of nitrogens with zero attached hydrogens (tertiary/aromatic N) is 1. The summed E-state index contributed by atoms with van der Waals surface area (Å²) in [5.41, 5.74) is 8.26. The molecule has 3 N–H and O–H groups in total. The number of rotatable bonds is 8. The van der Waals surface area contributed by atoms with Gasteiger partial charge >= 0.3 is 12.0 Å². The summed E-state index contributed by atoms with van der Waals surface area (Å²) >= 11 is 0. The van der Waals surface area contributed by atoms with E-state index >= 15 is 0 Å². The van der Waals surface area contributed by atoms with Gasteiger partial charge < -0.3 is 19.9 Å². The maximum Gasteiger partial charge on any atom is 0.337 e. The topological polar surface area (TPSA) is 112 Å². The number of urea groups is 1. The first-order valence-electron chi connectivity index (χ1n) is 7.71. The molecule has 26 heavy (non-hydrogen) atoms. The van der Waals surface area contributed by atoms with Crippen LogP contribution in [0.3, 0.4) is 0 Å². The van der Waals surface area contributed by atoms with E-state index in [-0.39, 0.29) is 0 Å². The van der Waals surface area contributed by atoms with Crippen molar-refractivity contribution >= 4 is 18.2 Å². The molecule has 8 nitrogen and oxygen atoms in total. The number of hydrogen-bond donors (Lipinski definition) is 2. The standard InChI is InChI=1S/C18H19N3O5/c1-24-17(22)14-4-8-16(9-5-14)26-11-10-25-15-6-2-13(3-7-15)12-20-21-18(19)23/h2-9,12H,10-11H2,1H3,(H3,19,21,23). The summed E-state index contributed by atoms with van der Waals surface area (Å²) in [5.74, 6) is 0.920. The van der Waals surface area contributed by atoms with E-state index in [1.54, 1.807) is 48.5 Å². The molecule has 0 aliphatic rings. The quantitative estimate of drug-likeness (QED) is 0.324. The number of benzene rings is 2. The third kappa shape index (κ3) is 6.16. The second-order valence-electron chi connectivity index (χ2n) is 5.02. The lowest BCUT2D eigenvalue weighted by Crippen LogP contribution is -2.24. The lowest BCUT2D eigenvalue weighted by Gasteiger charge is -2.09. The summed E-state index contributed by atoms with van der Waals surface area (Å²) in [6.45, 7) is 0.707. The van der Waals surface area contributed by atoms with Gasteiger partial charge in [0.25, 0.3) is 0 Å². The van der Waals surface area contributed by atoms with Crippen LogP contribution < -0.4 is 20.6 Å².